The normalized spacial score (nSPS) is 10.9. The smallest absolute Gasteiger partial charge is 0.262 e. The molecule has 1 N–H and O–H groups in total. The lowest BCUT2D eigenvalue weighted by Crippen LogP contribution is -2.21. The summed E-state index contributed by atoms with van der Waals surface area (Å²) in [5.41, 5.74) is 6.50. The summed E-state index contributed by atoms with van der Waals surface area (Å²) in [5.74, 6) is 0.171. The SMILES string of the molecule is Cc1cccc(NC(=O)COc2cc(C)c3c(C)nn(-c4ccccc4)c3n2)c1C. The highest BCUT2D eigenvalue weighted by molar-refractivity contribution is 5.92. The summed E-state index contributed by atoms with van der Waals surface area (Å²) in [6.45, 7) is 7.84. The van der Waals surface area contributed by atoms with Crippen molar-refractivity contribution < 1.29 is 9.53 Å². The maximum Gasteiger partial charge on any atom is 0.262 e. The second-order valence-electron chi connectivity index (χ2n) is 7.39. The summed E-state index contributed by atoms with van der Waals surface area (Å²) in [6, 6.07) is 17.5. The maximum absolute atomic E-state index is 12.4. The lowest BCUT2D eigenvalue weighted by Gasteiger charge is -2.11. The van der Waals surface area contributed by atoms with Gasteiger partial charge in [-0.05, 0) is 62.6 Å². The van der Waals surface area contributed by atoms with Crippen molar-refractivity contribution in [2.24, 2.45) is 0 Å². The van der Waals surface area contributed by atoms with Gasteiger partial charge in [0.15, 0.2) is 12.3 Å². The molecule has 6 nitrogen and oxygen atoms in total. The Kier molecular flexibility index (Phi) is 5.23. The van der Waals surface area contributed by atoms with Gasteiger partial charge in [-0.25, -0.2) is 4.68 Å². The van der Waals surface area contributed by atoms with Crippen LogP contribution in [0.15, 0.2) is 54.6 Å². The van der Waals surface area contributed by atoms with E-state index in [0.29, 0.717) is 11.5 Å². The quantitative estimate of drug-likeness (QED) is 0.528. The van der Waals surface area contributed by atoms with Crippen molar-refractivity contribution in [2.45, 2.75) is 27.7 Å². The van der Waals surface area contributed by atoms with Gasteiger partial charge in [-0.2, -0.15) is 10.1 Å². The van der Waals surface area contributed by atoms with Crippen molar-refractivity contribution in [1.82, 2.24) is 14.8 Å². The first-order chi connectivity index (χ1) is 14.4. The summed E-state index contributed by atoms with van der Waals surface area (Å²) >= 11 is 0. The van der Waals surface area contributed by atoms with Crippen LogP contribution in [0.25, 0.3) is 16.7 Å². The topological polar surface area (TPSA) is 69.0 Å². The molecule has 0 saturated heterocycles. The Morgan fingerprint density at radius 3 is 2.53 bits per heavy atom. The summed E-state index contributed by atoms with van der Waals surface area (Å²) in [7, 11) is 0. The van der Waals surface area contributed by atoms with Gasteiger partial charge in [0.05, 0.1) is 11.4 Å². The van der Waals surface area contributed by atoms with Crippen LogP contribution in [0.1, 0.15) is 22.4 Å². The number of anilines is 1. The number of ether oxygens (including phenoxy) is 1. The molecule has 4 aromatic rings. The fraction of sp³-hybridized carbons (Fsp3) is 0.208. The molecule has 0 saturated carbocycles. The zero-order chi connectivity index (χ0) is 21.3. The molecule has 2 aromatic carbocycles. The van der Waals surface area contributed by atoms with Gasteiger partial charge in [0.25, 0.3) is 5.91 Å². The number of carbonyl (C=O) groups excluding carboxylic acids is 1. The molecular formula is C24H24N4O2. The van der Waals surface area contributed by atoms with Crippen LogP contribution in [0.2, 0.25) is 0 Å². The lowest BCUT2D eigenvalue weighted by molar-refractivity contribution is -0.118. The van der Waals surface area contributed by atoms with Gasteiger partial charge in [-0.1, -0.05) is 30.3 Å². The van der Waals surface area contributed by atoms with E-state index < -0.39 is 0 Å². The van der Waals surface area contributed by atoms with E-state index >= 15 is 0 Å². The molecule has 1 amide bonds. The van der Waals surface area contributed by atoms with Crippen molar-refractivity contribution in [3.05, 3.63) is 77.0 Å². The highest BCUT2D eigenvalue weighted by Crippen LogP contribution is 2.26. The monoisotopic (exact) mass is 400 g/mol. The highest BCUT2D eigenvalue weighted by atomic mass is 16.5. The Morgan fingerprint density at radius 2 is 1.77 bits per heavy atom. The summed E-state index contributed by atoms with van der Waals surface area (Å²) in [5, 5.41) is 8.55. The van der Waals surface area contributed by atoms with Gasteiger partial charge in [0.1, 0.15) is 0 Å². The number of fused-ring (bicyclic) bond motifs is 1. The first-order valence-electron chi connectivity index (χ1n) is 9.85. The van der Waals surface area contributed by atoms with Gasteiger partial charge in [0.2, 0.25) is 5.88 Å². The Hall–Kier alpha value is -3.67. The van der Waals surface area contributed by atoms with E-state index in [4.69, 9.17) is 4.74 Å². The minimum atomic E-state index is -0.226. The van der Waals surface area contributed by atoms with E-state index in [9.17, 15) is 4.79 Å². The number of amides is 1. The molecule has 0 unspecified atom stereocenters. The minimum Gasteiger partial charge on any atom is -0.467 e. The van der Waals surface area contributed by atoms with Gasteiger partial charge in [-0.15, -0.1) is 0 Å². The summed E-state index contributed by atoms with van der Waals surface area (Å²) in [4.78, 5) is 17.1. The molecule has 0 radical (unpaired) electrons. The van der Waals surface area contributed by atoms with Crippen molar-refractivity contribution >= 4 is 22.6 Å². The number of hydrogen-bond acceptors (Lipinski definition) is 4. The molecule has 6 heteroatoms. The van der Waals surface area contributed by atoms with Gasteiger partial charge < -0.3 is 10.1 Å². The van der Waals surface area contributed by atoms with Crippen LogP contribution < -0.4 is 10.1 Å². The van der Waals surface area contributed by atoms with Gasteiger partial charge in [-0.3, -0.25) is 4.79 Å². The average molecular weight is 400 g/mol. The average Bonchev–Trinajstić information content (AvgIpc) is 3.07. The van der Waals surface area contributed by atoms with Crippen LogP contribution in [0.3, 0.4) is 0 Å². The second-order valence-corrected chi connectivity index (χ2v) is 7.39. The largest absolute Gasteiger partial charge is 0.467 e. The maximum atomic E-state index is 12.4. The standard InChI is InChI=1S/C24H24N4O2/c1-15-9-8-12-20(17(15)3)25-21(29)14-30-22-13-16(2)23-18(4)27-28(24(23)26-22)19-10-6-5-7-11-19/h5-13H,14H2,1-4H3,(H,25,29). The van der Waals surface area contributed by atoms with E-state index in [2.05, 4.69) is 15.4 Å². The van der Waals surface area contributed by atoms with Crippen LogP contribution >= 0.6 is 0 Å². The molecule has 0 atom stereocenters. The third-order valence-electron chi connectivity index (χ3n) is 5.22. The van der Waals surface area contributed by atoms with E-state index in [0.717, 1.165) is 39.1 Å². The molecule has 0 aliphatic heterocycles. The minimum absolute atomic E-state index is 0.121. The molecule has 30 heavy (non-hydrogen) atoms. The van der Waals surface area contributed by atoms with E-state index in [1.807, 2.05) is 82.3 Å². The van der Waals surface area contributed by atoms with Crippen LogP contribution in [0, 0.1) is 27.7 Å². The number of carbonyl (C=O) groups is 1. The van der Waals surface area contributed by atoms with Crippen molar-refractivity contribution in [3.63, 3.8) is 0 Å². The number of nitrogens with zero attached hydrogens (tertiary/aromatic N) is 3. The molecule has 4 rings (SSSR count). The molecule has 0 aliphatic carbocycles. The Balaban J connectivity index is 1.57. The number of nitrogens with one attached hydrogen (secondary N) is 1. The second kappa shape index (κ2) is 7.99. The third kappa shape index (κ3) is 3.76. The number of aryl methyl sites for hydroxylation is 3. The van der Waals surface area contributed by atoms with Crippen molar-refractivity contribution in [3.8, 4) is 11.6 Å². The summed E-state index contributed by atoms with van der Waals surface area (Å²) in [6.07, 6.45) is 0. The Labute approximate surface area is 175 Å². The number of pyridine rings is 1. The van der Waals surface area contributed by atoms with Crippen molar-refractivity contribution in [2.75, 3.05) is 11.9 Å². The number of para-hydroxylation sites is 1. The van der Waals surface area contributed by atoms with Crippen molar-refractivity contribution in [1.29, 1.82) is 0 Å². The zero-order valence-electron chi connectivity index (χ0n) is 17.6. The van der Waals surface area contributed by atoms with Gasteiger partial charge >= 0.3 is 0 Å². The fourth-order valence-electron chi connectivity index (χ4n) is 3.51. The van der Waals surface area contributed by atoms with Crippen LogP contribution in [0.4, 0.5) is 5.69 Å². The molecule has 2 heterocycles. The number of rotatable bonds is 5. The van der Waals surface area contributed by atoms with E-state index in [1.54, 1.807) is 4.68 Å². The van der Waals surface area contributed by atoms with Crippen LogP contribution in [-0.2, 0) is 4.79 Å². The Morgan fingerprint density at radius 1 is 1.00 bits per heavy atom. The van der Waals surface area contributed by atoms with Gasteiger partial charge in [0, 0.05) is 17.1 Å². The molecule has 0 aliphatic rings. The Bertz CT molecular complexity index is 1230. The fourth-order valence-corrected chi connectivity index (χ4v) is 3.51. The molecule has 0 fully saturated rings. The molecule has 0 spiro atoms. The third-order valence-corrected chi connectivity index (χ3v) is 5.22. The predicted octanol–water partition coefficient (Wildman–Crippen LogP) is 4.67. The predicted molar refractivity (Wildman–Crippen MR) is 118 cm³/mol. The molecule has 2 aromatic heterocycles. The first kappa shape index (κ1) is 19.6. The van der Waals surface area contributed by atoms with E-state index in [-0.39, 0.29) is 12.5 Å². The number of hydrogen-bond donors (Lipinski definition) is 1. The first-order valence-corrected chi connectivity index (χ1v) is 9.85. The highest BCUT2D eigenvalue weighted by Gasteiger charge is 2.15. The number of benzene rings is 2. The molecule has 152 valence electrons. The van der Waals surface area contributed by atoms with Crippen LogP contribution in [0.5, 0.6) is 5.88 Å². The number of aromatic nitrogens is 3. The summed E-state index contributed by atoms with van der Waals surface area (Å²) < 4.78 is 7.54. The molecule has 0 bridgehead atoms. The van der Waals surface area contributed by atoms with Crippen LogP contribution in [-0.4, -0.2) is 27.3 Å². The van der Waals surface area contributed by atoms with E-state index in [1.165, 1.54) is 0 Å². The lowest BCUT2D eigenvalue weighted by atomic mass is 10.1. The zero-order valence-corrected chi connectivity index (χ0v) is 17.6. The molecular weight excluding hydrogens is 376 g/mol.